The zero-order valence-corrected chi connectivity index (χ0v) is 8.85. The standard InChI is InChI=1S/C10H12ClFN2O/c11-8-4-3-7(6-9(8)12)15-5-1-2-10(13)14/h3-4,6H,1-2,5H2,(H3,13,14). The van der Waals surface area contributed by atoms with E-state index < -0.39 is 5.82 Å². The summed E-state index contributed by atoms with van der Waals surface area (Å²) in [5, 5.41) is 7.06. The second-order valence-corrected chi connectivity index (χ2v) is 3.46. The van der Waals surface area contributed by atoms with Gasteiger partial charge in [-0.1, -0.05) is 11.6 Å². The number of hydrogen-bond acceptors (Lipinski definition) is 2. The van der Waals surface area contributed by atoms with Crippen LogP contribution in [0.3, 0.4) is 0 Å². The SMILES string of the molecule is N=C(N)CCCOc1ccc(Cl)c(F)c1. The maximum Gasteiger partial charge on any atom is 0.145 e. The molecule has 0 fully saturated rings. The van der Waals surface area contributed by atoms with Gasteiger partial charge in [0.15, 0.2) is 0 Å². The molecule has 0 saturated heterocycles. The molecule has 3 N–H and O–H groups in total. The Labute approximate surface area is 92.5 Å². The number of halogens is 2. The highest BCUT2D eigenvalue weighted by atomic mass is 35.5. The van der Waals surface area contributed by atoms with E-state index >= 15 is 0 Å². The minimum absolute atomic E-state index is 0.0751. The average Bonchev–Trinajstić information content (AvgIpc) is 2.18. The zero-order chi connectivity index (χ0) is 11.3. The number of hydrogen-bond donors (Lipinski definition) is 2. The predicted molar refractivity (Wildman–Crippen MR) is 58.1 cm³/mol. The first kappa shape index (κ1) is 11.8. The molecule has 1 aromatic rings. The molecule has 3 nitrogen and oxygen atoms in total. The molecule has 0 aromatic heterocycles. The summed E-state index contributed by atoms with van der Waals surface area (Å²) in [6, 6.07) is 4.27. The molecule has 0 aliphatic heterocycles. The Balaban J connectivity index is 2.38. The zero-order valence-electron chi connectivity index (χ0n) is 8.09. The Morgan fingerprint density at radius 1 is 1.53 bits per heavy atom. The van der Waals surface area contributed by atoms with Gasteiger partial charge in [-0.2, -0.15) is 0 Å². The van der Waals surface area contributed by atoms with Crippen LogP contribution in [0.5, 0.6) is 5.75 Å². The summed E-state index contributed by atoms with van der Waals surface area (Å²) in [5.74, 6) is 0.0575. The normalized spacial score (nSPS) is 10.0. The molecule has 0 heterocycles. The van der Waals surface area contributed by atoms with E-state index in [-0.39, 0.29) is 10.9 Å². The van der Waals surface area contributed by atoms with Crippen molar-refractivity contribution in [3.8, 4) is 5.75 Å². The van der Waals surface area contributed by atoms with Crippen LogP contribution in [0.4, 0.5) is 4.39 Å². The molecule has 15 heavy (non-hydrogen) atoms. The van der Waals surface area contributed by atoms with Crippen LogP contribution < -0.4 is 10.5 Å². The highest BCUT2D eigenvalue weighted by Gasteiger charge is 2.01. The number of nitrogens with two attached hydrogens (primary N) is 1. The summed E-state index contributed by atoms with van der Waals surface area (Å²) in [7, 11) is 0. The fourth-order valence-electron chi connectivity index (χ4n) is 1.02. The van der Waals surface area contributed by atoms with E-state index in [1.807, 2.05) is 0 Å². The monoisotopic (exact) mass is 230 g/mol. The third-order valence-corrected chi connectivity index (χ3v) is 2.06. The van der Waals surface area contributed by atoms with Crippen LogP contribution in [0.15, 0.2) is 18.2 Å². The molecular formula is C10H12ClFN2O. The molecule has 1 rings (SSSR count). The molecule has 0 unspecified atom stereocenters. The number of benzene rings is 1. The Morgan fingerprint density at radius 3 is 2.87 bits per heavy atom. The number of rotatable bonds is 5. The number of amidine groups is 1. The molecule has 0 saturated carbocycles. The van der Waals surface area contributed by atoms with Gasteiger partial charge < -0.3 is 10.5 Å². The van der Waals surface area contributed by atoms with Crippen LogP contribution in [0.25, 0.3) is 0 Å². The van der Waals surface area contributed by atoms with Crippen LogP contribution in [0.2, 0.25) is 5.02 Å². The van der Waals surface area contributed by atoms with Crippen molar-refractivity contribution >= 4 is 17.4 Å². The van der Waals surface area contributed by atoms with E-state index in [4.69, 9.17) is 27.5 Å². The van der Waals surface area contributed by atoms with E-state index in [2.05, 4.69) is 0 Å². The van der Waals surface area contributed by atoms with Crippen LogP contribution in [-0.2, 0) is 0 Å². The molecular weight excluding hydrogens is 219 g/mol. The third-order valence-electron chi connectivity index (χ3n) is 1.75. The number of ether oxygens (including phenoxy) is 1. The summed E-state index contributed by atoms with van der Waals surface area (Å²) in [6.45, 7) is 0.403. The van der Waals surface area contributed by atoms with E-state index in [9.17, 15) is 4.39 Å². The number of nitrogens with one attached hydrogen (secondary N) is 1. The minimum Gasteiger partial charge on any atom is -0.493 e. The fraction of sp³-hybridized carbons (Fsp3) is 0.300. The fourth-order valence-corrected chi connectivity index (χ4v) is 1.14. The largest absolute Gasteiger partial charge is 0.493 e. The van der Waals surface area contributed by atoms with E-state index in [0.29, 0.717) is 25.2 Å². The van der Waals surface area contributed by atoms with E-state index in [0.717, 1.165) is 0 Å². The second kappa shape index (κ2) is 5.56. The topological polar surface area (TPSA) is 59.1 Å². The summed E-state index contributed by atoms with van der Waals surface area (Å²) in [5.41, 5.74) is 5.17. The molecule has 0 aliphatic carbocycles. The van der Waals surface area contributed by atoms with Crippen LogP contribution in [-0.4, -0.2) is 12.4 Å². The van der Waals surface area contributed by atoms with Gasteiger partial charge in [0, 0.05) is 12.5 Å². The van der Waals surface area contributed by atoms with Crippen molar-refractivity contribution < 1.29 is 9.13 Å². The lowest BCUT2D eigenvalue weighted by molar-refractivity contribution is 0.312. The van der Waals surface area contributed by atoms with Crippen molar-refractivity contribution in [2.45, 2.75) is 12.8 Å². The van der Waals surface area contributed by atoms with Gasteiger partial charge in [-0.25, -0.2) is 4.39 Å². The maximum atomic E-state index is 13.0. The van der Waals surface area contributed by atoms with Crippen LogP contribution >= 0.6 is 11.6 Å². The highest BCUT2D eigenvalue weighted by molar-refractivity contribution is 6.30. The van der Waals surface area contributed by atoms with Crippen molar-refractivity contribution in [1.82, 2.24) is 0 Å². The first-order valence-electron chi connectivity index (χ1n) is 4.50. The molecule has 5 heteroatoms. The average molecular weight is 231 g/mol. The molecule has 82 valence electrons. The molecule has 0 radical (unpaired) electrons. The lowest BCUT2D eigenvalue weighted by atomic mass is 10.3. The van der Waals surface area contributed by atoms with Crippen LogP contribution in [0.1, 0.15) is 12.8 Å². The second-order valence-electron chi connectivity index (χ2n) is 3.05. The Bertz CT molecular complexity index is 357. The van der Waals surface area contributed by atoms with Gasteiger partial charge in [-0.05, 0) is 18.6 Å². The highest BCUT2D eigenvalue weighted by Crippen LogP contribution is 2.20. The van der Waals surface area contributed by atoms with Gasteiger partial charge in [-0.15, -0.1) is 0 Å². The third kappa shape index (κ3) is 4.16. The molecule has 0 amide bonds. The van der Waals surface area contributed by atoms with Crippen molar-refractivity contribution in [2.24, 2.45) is 5.73 Å². The lowest BCUT2D eigenvalue weighted by Gasteiger charge is -2.05. The summed E-state index contributed by atoms with van der Waals surface area (Å²) in [4.78, 5) is 0. The maximum absolute atomic E-state index is 13.0. The smallest absolute Gasteiger partial charge is 0.145 e. The summed E-state index contributed by atoms with van der Waals surface area (Å²) in [6.07, 6.45) is 1.12. The van der Waals surface area contributed by atoms with E-state index in [1.54, 1.807) is 6.07 Å². The molecule has 0 aliphatic rings. The van der Waals surface area contributed by atoms with Crippen molar-refractivity contribution in [3.05, 3.63) is 29.0 Å². The minimum atomic E-state index is -0.499. The van der Waals surface area contributed by atoms with E-state index in [1.165, 1.54) is 12.1 Å². The van der Waals surface area contributed by atoms with Gasteiger partial charge >= 0.3 is 0 Å². The Kier molecular flexibility index (Phi) is 4.37. The first-order chi connectivity index (χ1) is 7.09. The van der Waals surface area contributed by atoms with Gasteiger partial charge in [0.25, 0.3) is 0 Å². The Morgan fingerprint density at radius 2 is 2.27 bits per heavy atom. The molecule has 0 atom stereocenters. The quantitative estimate of drug-likeness (QED) is 0.464. The lowest BCUT2D eigenvalue weighted by Crippen LogP contribution is -2.10. The first-order valence-corrected chi connectivity index (χ1v) is 4.88. The van der Waals surface area contributed by atoms with Gasteiger partial charge in [-0.3, -0.25) is 5.41 Å². The molecule has 1 aromatic carbocycles. The van der Waals surface area contributed by atoms with Crippen molar-refractivity contribution in [3.63, 3.8) is 0 Å². The predicted octanol–water partition coefficient (Wildman–Crippen LogP) is 2.57. The molecule has 0 spiro atoms. The van der Waals surface area contributed by atoms with Crippen LogP contribution in [0, 0.1) is 11.2 Å². The summed E-state index contributed by atoms with van der Waals surface area (Å²) >= 11 is 5.51. The van der Waals surface area contributed by atoms with Gasteiger partial charge in [0.1, 0.15) is 11.6 Å². The van der Waals surface area contributed by atoms with Gasteiger partial charge in [0.2, 0.25) is 0 Å². The molecule has 0 bridgehead atoms. The van der Waals surface area contributed by atoms with Crippen molar-refractivity contribution in [1.29, 1.82) is 5.41 Å². The van der Waals surface area contributed by atoms with Gasteiger partial charge in [0.05, 0.1) is 17.5 Å². The summed E-state index contributed by atoms with van der Waals surface area (Å²) < 4.78 is 18.2. The van der Waals surface area contributed by atoms with Crippen molar-refractivity contribution in [2.75, 3.05) is 6.61 Å². The Hall–Kier alpha value is -1.29.